The molecule has 35 heteroatoms. The van der Waals surface area contributed by atoms with Crippen LogP contribution in [-0.4, -0.2) is 357 Å². The van der Waals surface area contributed by atoms with E-state index < -0.39 is 287 Å². The highest BCUT2D eigenvalue weighted by Gasteiger charge is 2.72. The molecule has 20 N–H and O–H groups in total. The molecule has 0 aromatic carbocycles. The lowest BCUT2D eigenvalue weighted by Gasteiger charge is -2.72. The molecule has 4 saturated carbocycles. The van der Waals surface area contributed by atoms with Gasteiger partial charge >= 0.3 is 5.97 Å². The molecule has 598 valence electrons. The van der Waals surface area contributed by atoms with Gasteiger partial charge in [0, 0.05) is 5.41 Å². The van der Waals surface area contributed by atoms with Gasteiger partial charge in [0.1, 0.15) is 128 Å². The van der Waals surface area contributed by atoms with Crippen molar-refractivity contribution in [1.29, 1.82) is 0 Å². The van der Waals surface area contributed by atoms with Gasteiger partial charge in [-0.15, -0.1) is 0 Å². The van der Waals surface area contributed by atoms with Crippen LogP contribution >= 0.6 is 0 Å². The van der Waals surface area contributed by atoms with Crippen LogP contribution in [0.5, 0.6) is 0 Å². The van der Waals surface area contributed by atoms with Crippen molar-refractivity contribution in [1.82, 2.24) is 0 Å². The van der Waals surface area contributed by atoms with E-state index in [1.807, 2.05) is 0 Å². The number of allylic oxidation sites excluding steroid dienone is 2. The molecule has 0 spiro atoms. The monoisotopic (exact) mass is 1500 g/mol. The van der Waals surface area contributed by atoms with E-state index in [-0.39, 0.29) is 23.7 Å². The Kier molecular flexibility index (Phi) is 23.8. The molecule has 7 saturated heterocycles. The Hall–Kier alpha value is -2.11. The number of esters is 1. The zero-order valence-corrected chi connectivity index (χ0v) is 59.7. The second-order valence-corrected chi connectivity index (χ2v) is 33.5. The van der Waals surface area contributed by atoms with Crippen molar-refractivity contribution >= 4 is 5.97 Å². The first kappa shape index (κ1) is 81.4. The molecule has 5 aliphatic carbocycles. The minimum Gasteiger partial charge on any atom is -0.432 e. The number of aliphatic hydroxyl groups is 20. The van der Waals surface area contributed by atoms with Gasteiger partial charge < -0.3 is 168 Å². The van der Waals surface area contributed by atoms with Gasteiger partial charge in [0.2, 0.25) is 6.29 Å². The van der Waals surface area contributed by atoms with Crippen molar-refractivity contribution in [3.63, 3.8) is 0 Å². The van der Waals surface area contributed by atoms with Gasteiger partial charge in [-0.25, -0.2) is 0 Å². The summed E-state index contributed by atoms with van der Waals surface area (Å²) in [6.45, 7) is 10.7. The fourth-order valence-electron chi connectivity index (χ4n) is 20.2. The van der Waals surface area contributed by atoms with Crippen molar-refractivity contribution in [3.05, 3.63) is 11.6 Å². The molecule has 0 aromatic heterocycles. The minimum atomic E-state index is -2.24. The van der Waals surface area contributed by atoms with Crippen molar-refractivity contribution in [2.24, 2.45) is 50.2 Å². The topological polar surface area (TPSA) is 551 Å². The Morgan fingerprint density at radius 1 is 0.481 bits per heavy atom. The average Bonchev–Trinajstić information content (AvgIpc) is 0.697. The third-order valence-corrected chi connectivity index (χ3v) is 26.7. The maximum absolute atomic E-state index is 15.8. The van der Waals surface area contributed by atoms with E-state index >= 15 is 4.79 Å². The molecule has 41 atom stereocenters. The van der Waals surface area contributed by atoms with Gasteiger partial charge in [-0.05, 0) is 111 Å². The number of fused-ring (bicyclic) bond motifs is 7. The highest BCUT2D eigenvalue weighted by Crippen LogP contribution is 2.76. The van der Waals surface area contributed by atoms with Crippen molar-refractivity contribution in [2.45, 2.75) is 315 Å². The third-order valence-electron chi connectivity index (χ3n) is 26.7. The highest BCUT2D eigenvalue weighted by atomic mass is 16.8. The SMILES string of the molecule is C[C@@H]1O[C@@H](O[C@@H]2[C@@H](O)[C@H](O[C@@H]3[C@@H](O[C@@H]4OC[C@](O)(CO)[C@H]4O)[C@@H](O)[C@H](O[C@H]4[C@H](OC(=O)[C@]56CCC(C)(C)C[C@H]5C5=CC[C@@H]7[C@@]8(C)C[C@H](O)[C@H](O[C@@H]9O[C@H](CO)[C@@H](O)[C@H](O[C@@H]%10O[C@H](CO)[C@@H](O)[C@H](O)[C@H]%10O)[C@H]9O)[C@@](C)(CO)[C@@H]8CC[C@@]7(C)[C@]5(C)CC6)OC[C@H](O)[C@@H]4O)O[C@H]3C)OC[C@H]2O)[C@H](O)[C@H](O)[C@H]1O. The van der Waals surface area contributed by atoms with Crippen LogP contribution in [0.3, 0.4) is 0 Å². The molecule has 11 fully saturated rings. The maximum atomic E-state index is 15.8. The fourth-order valence-corrected chi connectivity index (χ4v) is 20.2. The van der Waals surface area contributed by atoms with Gasteiger partial charge in [-0.3, -0.25) is 4.79 Å². The number of hydrogen-bond donors (Lipinski definition) is 20. The molecule has 35 nitrogen and oxygen atoms in total. The molecule has 12 rings (SSSR count). The van der Waals surface area contributed by atoms with Crippen molar-refractivity contribution in [3.8, 4) is 0 Å². The van der Waals surface area contributed by atoms with Crippen LogP contribution in [0.15, 0.2) is 11.6 Å². The Balaban J connectivity index is 0.770. The summed E-state index contributed by atoms with van der Waals surface area (Å²) in [5.74, 6) is -1.57. The first-order valence-electron chi connectivity index (χ1n) is 36.5. The smallest absolute Gasteiger partial charge is 0.315 e. The van der Waals surface area contributed by atoms with Gasteiger partial charge in [-0.1, -0.05) is 53.2 Å². The Morgan fingerprint density at radius 2 is 1.03 bits per heavy atom. The lowest BCUT2D eigenvalue weighted by molar-refractivity contribution is -0.387. The molecule has 0 amide bonds. The molecule has 7 heterocycles. The molecular formula is C69H112O35. The summed E-state index contributed by atoms with van der Waals surface area (Å²) in [7, 11) is 0. The second-order valence-electron chi connectivity index (χ2n) is 33.5. The minimum absolute atomic E-state index is 0.141. The molecule has 0 radical (unpaired) electrons. The van der Waals surface area contributed by atoms with Crippen molar-refractivity contribution < 1.29 is 173 Å². The van der Waals surface area contributed by atoms with E-state index in [4.69, 9.17) is 66.3 Å². The molecular weight excluding hydrogens is 1390 g/mol. The normalized spacial score (nSPS) is 55.5. The molecule has 104 heavy (non-hydrogen) atoms. The fraction of sp³-hybridized carbons (Fsp3) is 0.957. The van der Waals surface area contributed by atoms with Crippen LogP contribution in [0.2, 0.25) is 0 Å². The summed E-state index contributed by atoms with van der Waals surface area (Å²) in [5, 5.41) is 221. The highest BCUT2D eigenvalue weighted by molar-refractivity contribution is 5.79. The maximum Gasteiger partial charge on any atom is 0.315 e. The molecule has 0 unspecified atom stereocenters. The van der Waals surface area contributed by atoms with Gasteiger partial charge in [0.15, 0.2) is 43.8 Å². The standard InChI is InChI=1S/C69H112O35/c1-26-37(77)41(81)43(83)56(94-26)99-49-32(76)22-91-55(45(49)85)98-48-27(2)95-58(47(87)51(48)101-61-53(88)69(90,24-73)25-93-61)102-52-38(78)31(75)21-92-60(52)104-62(89)68-15-13-63(3,4)17-29(68)28-9-10-36-64(5)18-30(74)54(65(6,23-72)35(64)11-12-67(36,8)66(28,7)14-16-68)103-59-46(86)50(40(80)34(20-71)97-59)100-57-44(84)42(82)39(79)33(19-70)96-57/h9,26-27,29-61,70-88,90H,10-25H2,1-8H3/t26-,27-,29-,30-,31-,32+,33+,34+,35+,36+,37-,38-,39+,40+,41+,42-,43+,44+,45+,46+,47+,48-,49-,50-,51-,52+,53-,54-,55-,56-,57-,58-,59-,60-,61-,64-,65-,66+,67+,68-,69+/m0/s1. The number of hydrogen-bond acceptors (Lipinski definition) is 35. The lowest BCUT2D eigenvalue weighted by atomic mass is 9.33. The molecule has 7 aliphatic heterocycles. The Labute approximate surface area is 600 Å². The summed E-state index contributed by atoms with van der Waals surface area (Å²) >= 11 is 0. The summed E-state index contributed by atoms with van der Waals surface area (Å²) in [4.78, 5) is 15.8. The largest absolute Gasteiger partial charge is 0.432 e. The second kappa shape index (κ2) is 30.4. The van der Waals surface area contributed by atoms with Gasteiger partial charge in [0.25, 0.3) is 0 Å². The van der Waals surface area contributed by atoms with E-state index in [1.165, 1.54) is 13.8 Å². The first-order valence-corrected chi connectivity index (χ1v) is 36.5. The van der Waals surface area contributed by atoms with Crippen LogP contribution in [0.4, 0.5) is 0 Å². The summed E-state index contributed by atoms with van der Waals surface area (Å²) in [6.07, 6.45) is -47.8. The number of aliphatic hydroxyl groups excluding tert-OH is 19. The van der Waals surface area contributed by atoms with E-state index in [2.05, 4.69) is 40.7 Å². The summed E-state index contributed by atoms with van der Waals surface area (Å²) in [5.41, 5.74) is -5.67. The van der Waals surface area contributed by atoms with Crippen molar-refractivity contribution in [2.75, 3.05) is 46.2 Å². The zero-order valence-electron chi connectivity index (χ0n) is 59.7. The number of carbonyl (C=O) groups is 1. The van der Waals surface area contributed by atoms with Crippen LogP contribution in [0.25, 0.3) is 0 Å². The first-order chi connectivity index (χ1) is 48.8. The summed E-state index contributed by atoms with van der Waals surface area (Å²) < 4.78 is 84.1. The number of ether oxygens (including phenoxy) is 14. The van der Waals surface area contributed by atoms with Crippen LogP contribution in [-0.2, 0) is 71.1 Å². The molecule has 0 bridgehead atoms. The Bertz CT molecular complexity index is 2970. The van der Waals surface area contributed by atoms with Gasteiger partial charge in [0.05, 0.1) is 76.1 Å². The average molecular weight is 1500 g/mol. The van der Waals surface area contributed by atoms with E-state index in [0.29, 0.717) is 51.4 Å². The predicted octanol–water partition coefficient (Wildman–Crippen LogP) is -6.65. The molecule has 0 aromatic rings. The quantitative estimate of drug-likeness (QED) is 0.0345. The van der Waals surface area contributed by atoms with Crippen LogP contribution < -0.4 is 0 Å². The van der Waals surface area contributed by atoms with E-state index in [1.54, 1.807) is 6.92 Å². The van der Waals surface area contributed by atoms with E-state index in [9.17, 15) is 102 Å². The Morgan fingerprint density at radius 3 is 1.68 bits per heavy atom. The predicted molar refractivity (Wildman–Crippen MR) is 343 cm³/mol. The third kappa shape index (κ3) is 13.8. The van der Waals surface area contributed by atoms with Crippen LogP contribution in [0.1, 0.15) is 113 Å². The summed E-state index contributed by atoms with van der Waals surface area (Å²) in [6, 6.07) is 0. The number of carbonyl (C=O) groups excluding carboxylic acids is 1. The lowest BCUT2D eigenvalue weighted by Crippen LogP contribution is -2.70. The zero-order chi connectivity index (χ0) is 75.8. The van der Waals surface area contributed by atoms with Gasteiger partial charge in [-0.2, -0.15) is 0 Å². The number of rotatable bonds is 18. The molecule has 12 aliphatic rings. The van der Waals surface area contributed by atoms with E-state index in [0.717, 1.165) is 5.57 Å². The van der Waals surface area contributed by atoms with Crippen LogP contribution in [0, 0.1) is 50.2 Å².